The van der Waals surface area contributed by atoms with Crippen molar-refractivity contribution in [2.24, 2.45) is 0 Å². The van der Waals surface area contributed by atoms with Crippen LogP contribution in [0.3, 0.4) is 0 Å². The molecule has 0 radical (unpaired) electrons. The number of hydrogen-bond acceptors (Lipinski definition) is 1. The van der Waals surface area contributed by atoms with E-state index in [1.807, 2.05) is 18.2 Å². The molecule has 0 bridgehead atoms. The average Bonchev–Trinajstić information content (AvgIpc) is 3.11. The minimum absolute atomic E-state index is 0.536. The number of aromatic amines is 1. The van der Waals surface area contributed by atoms with E-state index < -0.39 is 11.7 Å². The van der Waals surface area contributed by atoms with Gasteiger partial charge in [0.2, 0.25) is 0 Å². The van der Waals surface area contributed by atoms with Crippen molar-refractivity contribution >= 4 is 22.5 Å². The third-order valence-electron chi connectivity index (χ3n) is 5.92. The molecule has 0 atom stereocenters. The van der Waals surface area contributed by atoms with Crippen LogP contribution in [0.1, 0.15) is 41.9 Å². The second-order valence-electron chi connectivity index (χ2n) is 7.85. The number of likely N-dealkylation sites (tertiary alicyclic amines) is 1. The van der Waals surface area contributed by atoms with Gasteiger partial charge in [0.15, 0.2) is 0 Å². The van der Waals surface area contributed by atoms with Crippen LogP contribution in [-0.4, -0.2) is 29.5 Å². The van der Waals surface area contributed by atoms with Crippen molar-refractivity contribution in [3.8, 4) is 0 Å². The summed E-state index contributed by atoms with van der Waals surface area (Å²) >= 11 is 6.17. The minimum atomic E-state index is -4.26. The number of H-pyrrole nitrogens is 1. The van der Waals surface area contributed by atoms with Crippen LogP contribution in [0.5, 0.6) is 0 Å². The molecule has 1 aliphatic rings. The summed E-state index contributed by atoms with van der Waals surface area (Å²) < 4.78 is 37.9. The second kappa shape index (κ2) is 8.41. The van der Waals surface area contributed by atoms with Gasteiger partial charge in [-0.2, -0.15) is 13.2 Å². The lowest BCUT2D eigenvalue weighted by molar-refractivity contribution is -0.137. The van der Waals surface area contributed by atoms with E-state index in [1.165, 1.54) is 23.1 Å². The topological polar surface area (TPSA) is 19.0 Å². The number of nitrogens with zero attached hydrogens (tertiary/aromatic N) is 1. The molecule has 1 fully saturated rings. The fourth-order valence-electron chi connectivity index (χ4n) is 4.29. The number of fused-ring (bicyclic) bond motifs is 1. The first kappa shape index (κ1) is 20.3. The summed E-state index contributed by atoms with van der Waals surface area (Å²) in [5.74, 6) is 0.536. The van der Waals surface area contributed by atoms with Crippen LogP contribution in [0.25, 0.3) is 10.9 Å². The molecule has 6 heteroatoms. The molecule has 1 aromatic heterocycles. The molecule has 2 aromatic carbocycles. The van der Waals surface area contributed by atoms with Gasteiger partial charge in [-0.15, -0.1) is 0 Å². The van der Waals surface area contributed by atoms with E-state index in [0.29, 0.717) is 5.92 Å². The number of piperidine rings is 1. The lowest BCUT2D eigenvalue weighted by atomic mass is 9.89. The summed E-state index contributed by atoms with van der Waals surface area (Å²) in [6.07, 6.45) is 1.84. The molecule has 0 aliphatic carbocycles. The summed E-state index contributed by atoms with van der Waals surface area (Å²) in [5.41, 5.74) is 2.86. The van der Waals surface area contributed by atoms with Gasteiger partial charge in [0, 0.05) is 22.1 Å². The molecule has 1 N–H and O–H groups in total. The molecular formula is C23H24ClF3N2. The van der Waals surface area contributed by atoms with Gasteiger partial charge >= 0.3 is 6.18 Å². The van der Waals surface area contributed by atoms with Crippen LogP contribution in [0.2, 0.25) is 5.02 Å². The molecule has 154 valence electrons. The Bertz CT molecular complexity index is 954. The van der Waals surface area contributed by atoms with Gasteiger partial charge in [0.1, 0.15) is 0 Å². The molecule has 0 unspecified atom stereocenters. The quantitative estimate of drug-likeness (QED) is 0.489. The predicted molar refractivity (Wildman–Crippen MR) is 111 cm³/mol. The highest BCUT2D eigenvalue weighted by Crippen LogP contribution is 2.34. The van der Waals surface area contributed by atoms with Gasteiger partial charge in [-0.25, -0.2) is 0 Å². The lowest BCUT2D eigenvalue weighted by Gasteiger charge is -2.32. The number of alkyl halides is 3. The number of rotatable bonds is 5. The van der Waals surface area contributed by atoms with E-state index in [9.17, 15) is 13.2 Å². The zero-order chi connectivity index (χ0) is 20.4. The molecule has 0 amide bonds. The fourth-order valence-corrected chi connectivity index (χ4v) is 4.46. The largest absolute Gasteiger partial charge is 0.416 e. The van der Waals surface area contributed by atoms with Gasteiger partial charge in [-0.3, -0.25) is 0 Å². The first-order chi connectivity index (χ1) is 13.9. The Kier molecular flexibility index (Phi) is 5.88. The first-order valence-electron chi connectivity index (χ1n) is 10.1. The van der Waals surface area contributed by atoms with Gasteiger partial charge in [-0.05, 0) is 92.7 Å². The van der Waals surface area contributed by atoms with Crippen molar-refractivity contribution in [2.45, 2.75) is 37.8 Å². The standard InChI is InChI=1S/C23H24ClF3N2/c24-19-7-8-22-20(14-19)21(15-28-22)17-9-12-29(13-10-17)11-1-2-16-3-5-18(6-4-16)23(25,26)27/h3-8,14-15,17,28H,1-2,9-13H2. The third-order valence-corrected chi connectivity index (χ3v) is 6.16. The maximum Gasteiger partial charge on any atom is 0.416 e. The number of aromatic nitrogens is 1. The Balaban J connectivity index is 1.26. The average molecular weight is 421 g/mol. The third kappa shape index (κ3) is 4.78. The summed E-state index contributed by atoms with van der Waals surface area (Å²) in [7, 11) is 0. The van der Waals surface area contributed by atoms with E-state index in [1.54, 1.807) is 12.1 Å². The molecule has 1 aliphatic heterocycles. The number of halogens is 4. The number of hydrogen-bond donors (Lipinski definition) is 1. The highest BCUT2D eigenvalue weighted by Gasteiger charge is 2.30. The number of nitrogens with one attached hydrogen (secondary N) is 1. The molecule has 3 aromatic rings. The highest BCUT2D eigenvalue weighted by molar-refractivity contribution is 6.31. The minimum Gasteiger partial charge on any atom is -0.361 e. The Morgan fingerprint density at radius 3 is 2.45 bits per heavy atom. The Morgan fingerprint density at radius 1 is 1.03 bits per heavy atom. The maximum atomic E-state index is 12.6. The monoisotopic (exact) mass is 420 g/mol. The predicted octanol–water partition coefficient (Wildman–Crippen LogP) is 6.65. The van der Waals surface area contributed by atoms with Crippen molar-refractivity contribution in [1.82, 2.24) is 9.88 Å². The Morgan fingerprint density at radius 2 is 1.76 bits per heavy atom. The molecular weight excluding hydrogens is 397 g/mol. The SMILES string of the molecule is FC(F)(F)c1ccc(CCCN2CCC(c3c[nH]c4ccc(Cl)cc34)CC2)cc1. The van der Waals surface area contributed by atoms with E-state index in [-0.39, 0.29) is 0 Å². The lowest BCUT2D eigenvalue weighted by Crippen LogP contribution is -2.33. The summed E-state index contributed by atoms with van der Waals surface area (Å²) in [6, 6.07) is 11.5. The van der Waals surface area contributed by atoms with Gasteiger partial charge in [0.05, 0.1) is 5.56 Å². The van der Waals surface area contributed by atoms with Crippen LogP contribution < -0.4 is 0 Å². The van der Waals surface area contributed by atoms with E-state index >= 15 is 0 Å². The second-order valence-corrected chi connectivity index (χ2v) is 8.28. The highest BCUT2D eigenvalue weighted by atomic mass is 35.5. The molecule has 29 heavy (non-hydrogen) atoms. The molecule has 2 nitrogen and oxygen atoms in total. The van der Waals surface area contributed by atoms with Gasteiger partial charge in [0.25, 0.3) is 0 Å². The van der Waals surface area contributed by atoms with Crippen molar-refractivity contribution in [2.75, 3.05) is 19.6 Å². The maximum absolute atomic E-state index is 12.6. The molecule has 0 spiro atoms. The molecule has 1 saturated heterocycles. The van der Waals surface area contributed by atoms with Crippen LogP contribution in [0.4, 0.5) is 13.2 Å². The molecule has 2 heterocycles. The smallest absolute Gasteiger partial charge is 0.361 e. The summed E-state index contributed by atoms with van der Waals surface area (Å²) in [5, 5.41) is 1.98. The zero-order valence-electron chi connectivity index (χ0n) is 16.1. The van der Waals surface area contributed by atoms with Crippen LogP contribution in [0, 0.1) is 0 Å². The van der Waals surface area contributed by atoms with Crippen LogP contribution in [-0.2, 0) is 12.6 Å². The van der Waals surface area contributed by atoms with Crippen LogP contribution >= 0.6 is 11.6 Å². The van der Waals surface area contributed by atoms with Crippen molar-refractivity contribution in [3.05, 3.63) is 70.4 Å². The molecule has 4 rings (SSSR count). The zero-order valence-corrected chi connectivity index (χ0v) is 16.9. The first-order valence-corrected chi connectivity index (χ1v) is 10.4. The van der Waals surface area contributed by atoms with Crippen LogP contribution in [0.15, 0.2) is 48.7 Å². The summed E-state index contributed by atoms with van der Waals surface area (Å²) in [4.78, 5) is 5.81. The van der Waals surface area contributed by atoms with Gasteiger partial charge < -0.3 is 9.88 Å². The van der Waals surface area contributed by atoms with Crippen molar-refractivity contribution in [1.29, 1.82) is 0 Å². The van der Waals surface area contributed by atoms with Gasteiger partial charge in [-0.1, -0.05) is 23.7 Å². The van der Waals surface area contributed by atoms with E-state index in [2.05, 4.69) is 16.1 Å². The van der Waals surface area contributed by atoms with Crippen molar-refractivity contribution < 1.29 is 13.2 Å². The fraction of sp³-hybridized carbons (Fsp3) is 0.391. The van der Waals surface area contributed by atoms with E-state index in [0.717, 1.165) is 61.4 Å². The number of aryl methyl sites for hydroxylation is 1. The van der Waals surface area contributed by atoms with E-state index in [4.69, 9.17) is 11.6 Å². The normalized spacial score (nSPS) is 16.6. The number of benzene rings is 2. The Labute approximate surface area is 173 Å². The molecule has 0 saturated carbocycles. The van der Waals surface area contributed by atoms with Crippen molar-refractivity contribution in [3.63, 3.8) is 0 Å². The summed E-state index contributed by atoms with van der Waals surface area (Å²) in [6.45, 7) is 3.07. The Hall–Kier alpha value is -1.98.